The van der Waals surface area contributed by atoms with Crippen molar-refractivity contribution < 1.29 is 60.2 Å². The number of alkyl halides is 1. The molecule has 2 aromatic heterocycles. The summed E-state index contributed by atoms with van der Waals surface area (Å²) in [7, 11) is 0. The fraction of sp³-hybridized carbons (Fsp3) is 0.611. The van der Waals surface area contributed by atoms with Crippen LogP contribution in [0.1, 0.15) is 31.9 Å². The summed E-state index contributed by atoms with van der Waals surface area (Å²) in [5.41, 5.74) is 17.4. The molecule has 10 N–H and O–H groups in total. The second kappa shape index (κ2) is 13.9. The Hall–Kier alpha value is -2.00. The van der Waals surface area contributed by atoms with Crippen molar-refractivity contribution in [3.05, 3.63) is 11.6 Å². The summed E-state index contributed by atoms with van der Waals surface area (Å²) in [5.74, 6) is -3.59. The van der Waals surface area contributed by atoms with Crippen molar-refractivity contribution in [3.63, 3.8) is 0 Å². The molecular formula is C18H27ClFN7O7Pt. The molecule has 35 heavy (non-hydrogen) atoms. The molecule has 1 saturated carbocycles. The number of hydrogen-bond acceptors (Lipinski definition) is 11. The third kappa shape index (κ3) is 8.00. The number of aliphatic hydroxyl groups excluding tert-OH is 2. The molecule has 6 atom stereocenters. The first-order valence-electron chi connectivity index (χ1n) is 10.2. The number of imidazole rings is 1. The van der Waals surface area contributed by atoms with Gasteiger partial charge in [-0.25, -0.2) is 19.0 Å². The van der Waals surface area contributed by atoms with Gasteiger partial charge in [0, 0.05) is 33.1 Å². The molecule has 4 rings (SSSR count). The fourth-order valence-corrected chi connectivity index (χ4v) is 3.53. The quantitative estimate of drug-likeness (QED) is 0.147. The van der Waals surface area contributed by atoms with Crippen LogP contribution in [0.15, 0.2) is 6.33 Å². The third-order valence-electron chi connectivity index (χ3n) is 5.23. The number of hydrogen-bond donors (Lipinski definition) is 7. The first-order chi connectivity index (χ1) is 16.0. The van der Waals surface area contributed by atoms with Gasteiger partial charge in [0.2, 0.25) is 5.28 Å². The Balaban J connectivity index is 0.000000339. The Morgan fingerprint density at radius 2 is 1.71 bits per heavy atom. The van der Waals surface area contributed by atoms with Crippen LogP contribution in [0.2, 0.25) is 5.28 Å². The zero-order chi connectivity index (χ0) is 25.6. The number of ether oxygens (including phenoxy) is 1. The number of nitrogens with two attached hydrogens (primary N) is 3. The zero-order valence-corrected chi connectivity index (χ0v) is 21.2. The van der Waals surface area contributed by atoms with E-state index < -0.39 is 43.2 Å². The Bertz CT molecular complexity index is 982. The molecule has 0 unspecified atom stereocenters. The second-order valence-electron chi connectivity index (χ2n) is 7.61. The second-order valence-corrected chi connectivity index (χ2v) is 7.95. The first kappa shape index (κ1) is 31.0. The third-order valence-corrected chi connectivity index (χ3v) is 5.40. The fourth-order valence-electron chi connectivity index (χ4n) is 3.36. The van der Waals surface area contributed by atoms with Crippen LogP contribution in [0.25, 0.3) is 11.2 Å². The van der Waals surface area contributed by atoms with Gasteiger partial charge in [-0.15, -0.1) is 0 Å². The summed E-state index contributed by atoms with van der Waals surface area (Å²) >= 11 is 5.71. The van der Waals surface area contributed by atoms with Crippen molar-refractivity contribution in [1.82, 2.24) is 19.5 Å². The summed E-state index contributed by atoms with van der Waals surface area (Å²) < 4.78 is 20.6. The van der Waals surface area contributed by atoms with Crippen LogP contribution in [0, 0.1) is 0 Å². The first-order valence-corrected chi connectivity index (χ1v) is 10.6. The summed E-state index contributed by atoms with van der Waals surface area (Å²) in [6.45, 7) is -0.497. The number of rotatable bonds is 2. The van der Waals surface area contributed by atoms with E-state index in [-0.39, 0.29) is 55.4 Å². The summed E-state index contributed by atoms with van der Waals surface area (Å²) in [5, 5.41) is 33.3. The number of carboxylic acid groups (broad SMARTS) is 2. The van der Waals surface area contributed by atoms with Crippen molar-refractivity contribution in [2.24, 2.45) is 11.5 Å². The number of nitrogens with zero attached hydrogens (tertiary/aromatic N) is 4. The number of nitrogen functional groups attached to an aromatic ring is 1. The maximum atomic E-state index is 14.1. The van der Waals surface area contributed by atoms with E-state index in [0.29, 0.717) is 0 Å². The predicted octanol–water partition coefficient (Wildman–Crippen LogP) is -0.981. The van der Waals surface area contributed by atoms with Gasteiger partial charge in [0.05, 0.1) is 12.9 Å². The Kier molecular flexibility index (Phi) is 12.3. The molecule has 0 aromatic carbocycles. The Morgan fingerprint density at radius 1 is 1.17 bits per heavy atom. The van der Waals surface area contributed by atoms with E-state index in [4.69, 9.17) is 58.4 Å². The van der Waals surface area contributed by atoms with Gasteiger partial charge in [-0.1, -0.05) is 12.8 Å². The van der Waals surface area contributed by atoms with Gasteiger partial charge in [0.1, 0.15) is 17.7 Å². The average molecular weight is 703 g/mol. The van der Waals surface area contributed by atoms with Gasteiger partial charge in [-0.2, -0.15) is 9.97 Å². The largest absolute Gasteiger partial charge is 0.473 e. The van der Waals surface area contributed by atoms with Gasteiger partial charge < -0.3 is 42.4 Å². The molecule has 0 amide bonds. The van der Waals surface area contributed by atoms with Gasteiger partial charge in [0.25, 0.3) is 0 Å². The zero-order valence-electron chi connectivity index (χ0n) is 18.2. The molecule has 3 heterocycles. The van der Waals surface area contributed by atoms with Crippen LogP contribution in [-0.4, -0.2) is 89.0 Å². The minimum Gasteiger partial charge on any atom is -0.473 e. The number of aromatic nitrogens is 4. The molecule has 2 fully saturated rings. The summed E-state index contributed by atoms with van der Waals surface area (Å²) in [4.78, 5) is 29.9. The Morgan fingerprint density at radius 3 is 2.14 bits per heavy atom. The van der Waals surface area contributed by atoms with Crippen molar-refractivity contribution in [2.45, 2.75) is 62.4 Å². The molecule has 1 saturated heterocycles. The van der Waals surface area contributed by atoms with E-state index in [1.54, 1.807) is 0 Å². The molecule has 0 radical (unpaired) electrons. The maximum absolute atomic E-state index is 14.1. The minimum atomic E-state index is -1.82. The average Bonchev–Trinajstić information content (AvgIpc) is 3.32. The Labute approximate surface area is 217 Å². The molecule has 0 bridgehead atoms. The number of fused-ring (bicyclic) bond motifs is 1. The van der Waals surface area contributed by atoms with Gasteiger partial charge >= 0.3 is 11.9 Å². The normalized spacial score (nSPS) is 27.6. The van der Waals surface area contributed by atoms with E-state index in [2.05, 4.69) is 15.0 Å². The van der Waals surface area contributed by atoms with Crippen molar-refractivity contribution >= 4 is 40.5 Å². The molecular weight excluding hydrogens is 676 g/mol. The van der Waals surface area contributed by atoms with Crippen molar-refractivity contribution in [2.75, 3.05) is 12.3 Å². The van der Waals surface area contributed by atoms with Crippen molar-refractivity contribution in [1.29, 1.82) is 0 Å². The summed E-state index contributed by atoms with van der Waals surface area (Å²) in [6.07, 6.45) is 0.721. The SMILES string of the molecule is N[C@@H]1CCCC[C@H]1N.Nc1nc(Cl)nc2c1ncn2[C@@H]1O[C@H](CO)[C@@H](O)[C@@H]1F.O=C(O)C(=O)O.[Pt]. The molecule has 17 heteroatoms. The van der Waals surface area contributed by atoms with Crippen LogP contribution in [-0.2, 0) is 35.4 Å². The van der Waals surface area contributed by atoms with Crippen LogP contribution in [0.3, 0.4) is 0 Å². The number of aliphatic hydroxyl groups is 2. The van der Waals surface area contributed by atoms with E-state index >= 15 is 0 Å². The molecule has 14 nitrogen and oxygen atoms in total. The molecule has 1 aliphatic carbocycles. The minimum absolute atomic E-state index is 0. The monoisotopic (exact) mass is 702 g/mol. The molecule has 1 aliphatic heterocycles. The maximum Gasteiger partial charge on any atom is 0.414 e. The van der Waals surface area contributed by atoms with E-state index in [0.717, 1.165) is 12.8 Å². The summed E-state index contributed by atoms with van der Waals surface area (Å²) in [6, 6.07) is 0.562. The van der Waals surface area contributed by atoms with Gasteiger partial charge in [0.15, 0.2) is 23.9 Å². The van der Waals surface area contributed by atoms with Gasteiger partial charge in [-0.05, 0) is 24.4 Å². The molecule has 2 aliphatic rings. The molecule has 2 aromatic rings. The smallest absolute Gasteiger partial charge is 0.414 e. The van der Waals surface area contributed by atoms with Crippen molar-refractivity contribution in [3.8, 4) is 0 Å². The van der Waals surface area contributed by atoms with Crippen LogP contribution < -0.4 is 17.2 Å². The number of carbonyl (C=O) groups is 2. The number of halogens is 2. The van der Waals surface area contributed by atoms with Crippen LogP contribution in [0.5, 0.6) is 0 Å². The molecule has 200 valence electrons. The van der Waals surface area contributed by atoms with E-state index in [1.165, 1.54) is 23.7 Å². The van der Waals surface area contributed by atoms with E-state index in [1.807, 2.05) is 0 Å². The number of anilines is 1. The van der Waals surface area contributed by atoms with E-state index in [9.17, 15) is 9.50 Å². The standard InChI is InChI=1S/C10H11ClFN5O3.C6H14N2.C2H2O4.Pt/c11-10-15-7(13)5-8(16-10)17(2-14-5)9-4(12)6(19)3(1-18)20-9;7-5-3-1-2-4-6(5)8;3-1(4)2(5)6;/h2-4,6,9,18-19H,1H2,(H2,13,15,16);5-6H,1-4,7-8H2;(H,3,4)(H,5,6);/t3-,4+,6-,9-;5-,6-;;/m11../s1. The van der Waals surface area contributed by atoms with Crippen LogP contribution >= 0.6 is 11.6 Å². The van der Waals surface area contributed by atoms with Gasteiger partial charge in [-0.3, -0.25) is 4.57 Å². The van der Waals surface area contributed by atoms with Crippen LogP contribution in [0.4, 0.5) is 10.2 Å². The topological polar surface area (TPSA) is 246 Å². The number of aliphatic carboxylic acids is 2. The predicted molar refractivity (Wildman–Crippen MR) is 116 cm³/mol. The number of carboxylic acids is 2. The molecule has 0 spiro atoms.